The molecule has 2 nitrogen and oxygen atoms in total. The molecule has 0 bridgehead atoms. The van der Waals surface area contributed by atoms with Crippen LogP contribution in [0, 0.1) is 5.92 Å². The highest BCUT2D eigenvalue weighted by Crippen LogP contribution is 2.23. The first-order valence-electron chi connectivity index (χ1n) is 6.80. The summed E-state index contributed by atoms with van der Waals surface area (Å²) in [4.78, 5) is 1.22. The molecule has 0 aliphatic heterocycles. The minimum absolute atomic E-state index is 0.626. The molecule has 1 heterocycles. The number of nitrogens with one attached hydrogen (secondary N) is 1. The number of benzene rings is 1. The van der Waals surface area contributed by atoms with Crippen molar-refractivity contribution in [1.82, 2.24) is 5.32 Å². The fourth-order valence-electron chi connectivity index (χ4n) is 1.79. The van der Waals surface area contributed by atoms with Crippen LogP contribution in [0.4, 0.5) is 0 Å². The molecule has 1 N–H and O–H groups in total. The molecular formula is C16H20BrNOS. The summed E-state index contributed by atoms with van der Waals surface area (Å²) in [6, 6.07) is 12.4. The minimum atomic E-state index is 0.626. The summed E-state index contributed by atoms with van der Waals surface area (Å²) in [7, 11) is 0. The van der Waals surface area contributed by atoms with Gasteiger partial charge in [-0.15, -0.1) is 11.3 Å². The van der Waals surface area contributed by atoms with E-state index in [9.17, 15) is 0 Å². The van der Waals surface area contributed by atoms with Gasteiger partial charge in [0.15, 0.2) is 0 Å². The van der Waals surface area contributed by atoms with E-state index < -0.39 is 0 Å². The Morgan fingerprint density at radius 1 is 1.15 bits per heavy atom. The lowest BCUT2D eigenvalue weighted by atomic mass is 10.2. The van der Waals surface area contributed by atoms with E-state index in [-0.39, 0.29) is 0 Å². The van der Waals surface area contributed by atoms with Crippen molar-refractivity contribution >= 4 is 27.3 Å². The van der Waals surface area contributed by atoms with Crippen LogP contribution in [0.15, 0.2) is 40.2 Å². The molecule has 0 spiro atoms. The van der Waals surface area contributed by atoms with Gasteiger partial charge >= 0.3 is 0 Å². The molecule has 0 saturated carbocycles. The minimum Gasteiger partial charge on any atom is -0.488 e. The van der Waals surface area contributed by atoms with Gasteiger partial charge in [0.25, 0.3) is 0 Å². The molecule has 0 amide bonds. The second kappa shape index (κ2) is 7.81. The van der Waals surface area contributed by atoms with Gasteiger partial charge in [-0.25, -0.2) is 0 Å². The van der Waals surface area contributed by atoms with Crippen molar-refractivity contribution in [2.24, 2.45) is 5.92 Å². The Balaban J connectivity index is 1.79. The summed E-state index contributed by atoms with van der Waals surface area (Å²) >= 11 is 5.16. The molecule has 108 valence electrons. The molecule has 0 aliphatic rings. The Hall–Kier alpha value is -0.840. The Kier molecular flexibility index (Phi) is 6.07. The van der Waals surface area contributed by atoms with Gasteiger partial charge in [-0.05, 0) is 58.2 Å². The monoisotopic (exact) mass is 353 g/mol. The predicted octanol–water partition coefficient (Wildman–Crippen LogP) is 4.84. The number of ether oxygens (including phenoxy) is 1. The lowest BCUT2D eigenvalue weighted by molar-refractivity contribution is 0.309. The molecule has 0 saturated heterocycles. The maximum Gasteiger partial charge on any atom is 0.122 e. The van der Waals surface area contributed by atoms with Crippen LogP contribution in [0.3, 0.4) is 0 Å². The number of rotatable bonds is 7. The number of hydrogen-bond acceptors (Lipinski definition) is 3. The van der Waals surface area contributed by atoms with Crippen LogP contribution in [0.5, 0.6) is 5.75 Å². The Bertz CT molecular complexity index is 522. The van der Waals surface area contributed by atoms with Crippen LogP contribution in [-0.2, 0) is 13.2 Å². The largest absolute Gasteiger partial charge is 0.488 e. The molecule has 2 rings (SSSR count). The van der Waals surface area contributed by atoms with E-state index in [1.165, 1.54) is 10.4 Å². The lowest BCUT2D eigenvalue weighted by Crippen LogP contribution is -2.18. The highest BCUT2D eigenvalue weighted by atomic mass is 79.9. The van der Waals surface area contributed by atoms with Crippen LogP contribution in [0.25, 0.3) is 0 Å². The van der Waals surface area contributed by atoms with E-state index in [1.54, 1.807) is 11.3 Å². The third-order valence-electron chi connectivity index (χ3n) is 2.82. The maximum absolute atomic E-state index is 5.77. The van der Waals surface area contributed by atoms with Crippen molar-refractivity contribution < 1.29 is 4.74 Å². The van der Waals surface area contributed by atoms with Crippen molar-refractivity contribution in [3.8, 4) is 5.75 Å². The van der Waals surface area contributed by atoms with E-state index >= 15 is 0 Å². The van der Waals surface area contributed by atoms with Gasteiger partial charge in [-0.1, -0.05) is 26.0 Å². The third-order valence-corrected chi connectivity index (χ3v) is 4.41. The van der Waals surface area contributed by atoms with Gasteiger partial charge in [0.1, 0.15) is 12.4 Å². The zero-order valence-electron chi connectivity index (χ0n) is 11.9. The zero-order chi connectivity index (χ0) is 14.4. The summed E-state index contributed by atoms with van der Waals surface area (Å²) in [5.41, 5.74) is 1.29. The average Bonchev–Trinajstić information content (AvgIpc) is 2.83. The molecule has 0 aliphatic carbocycles. The molecule has 20 heavy (non-hydrogen) atoms. The van der Waals surface area contributed by atoms with Gasteiger partial charge < -0.3 is 10.1 Å². The Morgan fingerprint density at radius 2 is 1.90 bits per heavy atom. The molecule has 0 atom stereocenters. The molecule has 0 radical (unpaired) electrons. The summed E-state index contributed by atoms with van der Waals surface area (Å²) in [6.07, 6.45) is 0. The Labute approximate surface area is 133 Å². The quantitative estimate of drug-likeness (QED) is 0.769. The van der Waals surface area contributed by atoms with Crippen molar-refractivity contribution in [3.05, 3.63) is 50.6 Å². The smallest absolute Gasteiger partial charge is 0.122 e. The summed E-state index contributed by atoms with van der Waals surface area (Å²) in [5.74, 6) is 1.60. The summed E-state index contributed by atoms with van der Waals surface area (Å²) in [5, 5.41) is 3.44. The highest BCUT2D eigenvalue weighted by Gasteiger charge is 2.00. The van der Waals surface area contributed by atoms with Crippen LogP contribution >= 0.6 is 27.3 Å². The first-order chi connectivity index (χ1) is 9.63. The van der Waals surface area contributed by atoms with Crippen molar-refractivity contribution in [3.63, 3.8) is 0 Å². The van der Waals surface area contributed by atoms with E-state index in [0.29, 0.717) is 12.5 Å². The average molecular weight is 354 g/mol. The number of thiophene rings is 1. The molecular weight excluding hydrogens is 334 g/mol. The molecule has 1 aromatic heterocycles. The van der Waals surface area contributed by atoms with Crippen LogP contribution in [0.2, 0.25) is 0 Å². The molecule has 0 unspecified atom stereocenters. The van der Waals surface area contributed by atoms with Gasteiger partial charge in [0.05, 0.1) is 3.79 Å². The lowest BCUT2D eigenvalue weighted by Gasteiger charge is -2.09. The van der Waals surface area contributed by atoms with Crippen LogP contribution in [0.1, 0.15) is 24.3 Å². The molecule has 4 heteroatoms. The van der Waals surface area contributed by atoms with Crippen LogP contribution in [-0.4, -0.2) is 6.54 Å². The van der Waals surface area contributed by atoms with Crippen molar-refractivity contribution in [1.29, 1.82) is 0 Å². The second-order valence-corrected chi connectivity index (χ2v) is 7.71. The fraction of sp³-hybridized carbons (Fsp3) is 0.375. The Morgan fingerprint density at radius 3 is 2.50 bits per heavy atom. The van der Waals surface area contributed by atoms with Gasteiger partial charge in [0, 0.05) is 11.4 Å². The molecule has 2 aromatic rings. The predicted molar refractivity (Wildman–Crippen MR) is 89.3 cm³/mol. The summed E-state index contributed by atoms with van der Waals surface area (Å²) in [6.45, 7) is 7.02. The standard InChI is InChI=1S/C16H20BrNOS/c1-12(2)9-18-10-13-3-5-14(6-4-13)19-11-15-7-8-16(17)20-15/h3-8,12,18H,9-11H2,1-2H3. The first kappa shape index (κ1) is 15.5. The van der Waals surface area contributed by atoms with E-state index in [2.05, 4.69) is 53.3 Å². The molecule has 1 aromatic carbocycles. The SMILES string of the molecule is CC(C)CNCc1ccc(OCc2ccc(Br)s2)cc1. The number of hydrogen-bond donors (Lipinski definition) is 1. The van der Waals surface area contributed by atoms with E-state index in [0.717, 1.165) is 22.6 Å². The maximum atomic E-state index is 5.77. The van der Waals surface area contributed by atoms with Gasteiger partial charge in [-0.3, -0.25) is 0 Å². The zero-order valence-corrected chi connectivity index (χ0v) is 14.3. The second-order valence-electron chi connectivity index (χ2n) is 5.16. The number of halogens is 1. The van der Waals surface area contributed by atoms with E-state index in [4.69, 9.17) is 4.74 Å². The van der Waals surface area contributed by atoms with Crippen molar-refractivity contribution in [2.45, 2.75) is 27.0 Å². The van der Waals surface area contributed by atoms with Crippen LogP contribution < -0.4 is 10.1 Å². The fourth-order valence-corrected chi connectivity index (χ4v) is 3.19. The van der Waals surface area contributed by atoms with Gasteiger partial charge in [0.2, 0.25) is 0 Å². The normalized spacial score (nSPS) is 11.0. The summed E-state index contributed by atoms with van der Waals surface area (Å²) < 4.78 is 6.91. The highest BCUT2D eigenvalue weighted by molar-refractivity contribution is 9.11. The van der Waals surface area contributed by atoms with E-state index in [1.807, 2.05) is 18.2 Å². The first-order valence-corrected chi connectivity index (χ1v) is 8.41. The van der Waals surface area contributed by atoms with Crippen molar-refractivity contribution in [2.75, 3.05) is 6.54 Å². The molecule has 0 fully saturated rings. The third kappa shape index (κ3) is 5.27. The van der Waals surface area contributed by atoms with Gasteiger partial charge in [-0.2, -0.15) is 0 Å². The topological polar surface area (TPSA) is 21.3 Å².